The summed E-state index contributed by atoms with van der Waals surface area (Å²) >= 11 is 0. The standard InChI is InChI=1S/C25H40N4O2/c1-4-5-13-27(3)19-21-9-14-28(15-10-21)24(30)22-11-16-29(17-12-22)25(31)26-23-8-6-7-20(2)18-23/h6-8,18,21-22H,4-5,9-17,19H2,1-3H3,(H,26,31). The predicted octanol–water partition coefficient (Wildman–Crippen LogP) is 4.21. The molecule has 0 spiro atoms. The number of aryl methyl sites for hydroxylation is 1. The maximum atomic E-state index is 13.0. The van der Waals surface area contributed by atoms with Crippen molar-refractivity contribution in [2.24, 2.45) is 11.8 Å². The number of anilines is 1. The number of carbonyl (C=O) groups is 2. The number of amides is 3. The van der Waals surface area contributed by atoms with Gasteiger partial charge in [0.25, 0.3) is 0 Å². The van der Waals surface area contributed by atoms with Gasteiger partial charge in [-0.15, -0.1) is 0 Å². The third-order valence-corrected chi connectivity index (χ3v) is 6.79. The van der Waals surface area contributed by atoms with Crippen LogP contribution in [-0.4, -0.2) is 73.0 Å². The van der Waals surface area contributed by atoms with Gasteiger partial charge >= 0.3 is 6.03 Å². The second kappa shape index (κ2) is 11.5. The quantitative estimate of drug-likeness (QED) is 0.708. The van der Waals surface area contributed by atoms with E-state index in [9.17, 15) is 9.59 Å². The summed E-state index contributed by atoms with van der Waals surface area (Å²) in [6.07, 6.45) is 6.25. The van der Waals surface area contributed by atoms with Crippen LogP contribution in [0, 0.1) is 18.8 Å². The number of carbonyl (C=O) groups excluding carboxylic acids is 2. The third kappa shape index (κ3) is 6.96. The zero-order valence-corrected chi connectivity index (χ0v) is 19.6. The normalized spacial score (nSPS) is 18.5. The molecular formula is C25H40N4O2. The molecule has 2 saturated heterocycles. The Morgan fingerprint density at radius 2 is 1.74 bits per heavy atom. The van der Waals surface area contributed by atoms with Gasteiger partial charge in [0.15, 0.2) is 0 Å². The summed E-state index contributed by atoms with van der Waals surface area (Å²) in [5.41, 5.74) is 1.95. The van der Waals surface area contributed by atoms with E-state index in [4.69, 9.17) is 0 Å². The number of urea groups is 1. The number of hydrogen-bond donors (Lipinski definition) is 1. The molecular weight excluding hydrogens is 388 g/mol. The van der Waals surface area contributed by atoms with Gasteiger partial charge in [-0.1, -0.05) is 25.5 Å². The Labute approximate surface area is 188 Å². The summed E-state index contributed by atoms with van der Waals surface area (Å²) in [7, 11) is 2.22. The first-order valence-electron chi connectivity index (χ1n) is 12.1. The summed E-state index contributed by atoms with van der Waals surface area (Å²) in [5, 5.41) is 2.98. The van der Waals surface area contributed by atoms with Crippen LogP contribution in [-0.2, 0) is 4.79 Å². The lowest BCUT2D eigenvalue weighted by Crippen LogP contribution is -2.48. The van der Waals surface area contributed by atoms with Gasteiger partial charge in [-0.25, -0.2) is 4.79 Å². The summed E-state index contributed by atoms with van der Waals surface area (Å²) < 4.78 is 0. The van der Waals surface area contributed by atoms with Crippen molar-refractivity contribution in [3.63, 3.8) is 0 Å². The van der Waals surface area contributed by atoms with Crippen molar-refractivity contribution in [2.75, 3.05) is 51.6 Å². The Hall–Kier alpha value is -2.08. The minimum absolute atomic E-state index is 0.0618. The zero-order chi connectivity index (χ0) is 22.2. The van der Waals surface area contributed by atoms with Crippen molar-refractivity contribution in [3.05, 3.63) is 29.8 Å². The van der Waals surface area contributed by atoms with Crippen LogP contribution in [0.2, 0.25) is 0 Å². The van der Waals surface area contributed by atoms with Crippen LogP contribution < -0.4 is 5.32 Å². The van der Waals surface area contributed by atoms with Crippen LogP contribution in [0.5, 0.6) is 0 Å². The Morgan fingerprint density at radius 1 is 1.06 bits per heavy atom. The second-order valence-corrected chi connectivity index (χ2v) is 9.45. The highest BCUT2D eigenvalue weighted by atomic mass is 16.2. The van der Waals surface area contributed by atoms with Crippen molar-refractivity contribution >= 4 is 17.6 Å². The Kier molecular flexibility index (Phi) is 8.76. The second-order valence-electron chi connectivity index (χ2n) is 9.45. The van der Waals surface area contributed by atoms with E-state index in [0.29, 0.717) is 24.9 Å². The topological polar surface area (TPSA) is 55.9 Å². The Bertz CT molecular complexity index is 722. The average molecular weight is 429 g/mol. The molecule has 0 radical (unpaired) electrons. The van der Waals surface area contributed by atoms with E-state index in [1.165, 1.54) is 19.4 Å². The van der Waals surface area contributed by atoms with Crippen molar-refractivity contribution in [1.82, 2.24) is 14.7 Å². The molecule has 0 saturated carbocycles. The van der Waals surface area contributed by atoms with E-state index in [2.05, 4.69) is 29.1 Å². The van der Waals surface area contributed by atoms with Gasteiger partial charge < -0.3 is 20.0 Å². The van der Waals surface area contributed by atoms with E-state index in [1.54, 1.807) is 0 Å². The molecule has 2 fully saturated rings. The molecule has 3 rings (SSSR count). The number of rotatable bonds is 7. The number of benzene rings is 1. The Balaban J connectivity index is 1.39. The first-order chi connectivity index (χ1) is 15.0. The Morgan fingerprint density at radius 3 is 2.39 bits per heavy atom. The highest BCUT2D eigenvalue weighted by molar-refractivity contribution is 5.89. The van der Waals surface area contributed by atoms with Gasteiger partial charge in [0.2, 0.25) is 5.91 Å². The zero-order valence-electron chi connectivity index (χ0n) is 19.6. The fourth-order valence-electron chi connectivity index (χ4n) is 4.81. The third-order valence-electron chi connectivity index (χ3n) is 6.79. The summed E-state index contributed by atoms with van der Waals surface area (Å²) in [4.78, 5) is 32.0. The molecule has 3 amide bonds. The number of nitrogens with zero attached hydrogens (tertiary/aromatic N) is 3. The van der Waals surface area contributed by atoms with E-state index >= 15 is 0 Å². The van der Waals surface area contributed by atoms with Crippen molar-refractivity contribution < 1.29 is 9.59 Å². The first-order valence-corrected chi connectivity index (χ1v) is 12.1. The lowest BCUT2D eigenvalue weighted by atomic mass is 9.92. The molecule has 2 aliphatic rings. The SMILES string of the molecule is CCCCN(C)CC1CCN(C(=O)C2CCN(C(=O)Nc3cccc(C)c3)CC2)CC1. The van der Waals surface area contributed by atoms with Gasteiger partial charge in [-0.3, -0.25) is 4.79 Å². The fraction of sp³-hybridized carbons (Fsp3) is 0.680. The van der Waals surface area contributed by atoms with Crippen LogP contribution in [0.1, 0.15) is 51.0 Å². The first kappa shape index (κ1) is 23.6. The lowest BCUT2D eigenvalue weighted by molar-refractivity contribution is -0.138. The van der Waals surface area contributed by atoms with Crippen molar-refractivity contribution in [3.8, 4) is 0 Å². The molecule has 0 bridgehead atoms. The molecule has 172 valence electrons. The smallest absolute Gasteiger partial charge is 0.321 e. The largest absolute Gasteiger partial charge is 0.342 e. The number of likely N-dealkylation sites (tertiary alicyclic amines) is 2. The van der Waals surface area contributed by atoms with E-state index < -0.39 is 0 Å². The van der Waals surface area contributed by atoms with Crippen LogP contribution in [0.4, 0.5) is 10.5 Å². The monoisotopic (exact) mass is 428 g/mol. The molecule has 31 heavy (non-hydrogen) atoms. The predicted molar refractivity (Wildman–Crippen MR) is 126 cm³/mol. The van der Waals surface area contributed by atoms with Crippen LogP contribution in [0.25, 0.3) is 0 Å². The average Bonchev–Trinajstić information content (AvgIpc) is 2.78. The molecule has 6 heteroatoms. The van der Waals surface area contributed by atoms with E-state index in [-0.39, 0.29) is 11.9 Å². The van der Waals surface area contributed by atoms with E-state index in [1.807, 2.05) is 36.1 Å². The minimum atomic E-state index is -0.0653. The molecule has 0 atom stereocenters. The summed E-state index contributed by atoms with van der Waals surface area (Å²) in [6, 6.07) is 7.78. The number of hydrogen-bond acceptors (Lipinski definition) is 3. The minimum Gasteiger partial charge on any atom is -0.342 e. The highest BCUT2D eigenvalue weighted by Crippen LogP contribution is 2.25. The fourth-order valence-corrected chi connectivity index (χ4v) is 4.81. The van der Waals surface area contributed by atoms with Crippen LogP contribution in [0.3, 0.4) is 0 Å². The molecule has 2 aliphatic heterocycles. The van der Waals surface area contributed by atoms with Crippen LogP contribution >= 0.6 is 0 Å². The number of piperidine rings is 2. The maximum Gasteiger partial charge on any atom is 0.321 e. The van der Waals surface area contributed by atoms with Crippen molar-refractivity contribution in [1.29, 1.82) is 0 Å². The summed E-state index contributed by atoms with van der Waals surface area (Å²) in [5.74, 6) is 1.07. The van der Waals surface area contributed by atoms with Crippen LogP contribution in [0.15, 0.2) is 24.3 Å². The van der Waals surface area contributed by atoms with Crippen molar-refractivity contribution in [2.45, 2.75) is 52.4 Å². The molecule has 1 aromatic rings. The highest BCUT2D eigenvalue weighted by Gasteiger charge is 2.32. The van der Waals surface area contributed by atoms with Gasteiger partial charge in [0.1, 0.15) is 0 Å². The van der Waals surface area contributed by atoms with Gasteiger partial charge in [0, 0.05) is 44.3 Å². The number of unbranched alkanes of at least 4 members (excludes halogenated alkanes) is 1. The summed E-state index contributed by atoms with van der Waals surface area (Å²) in [6.45, 7) is 9.64. The van der Waals surface area contributed by atoms with E-state index in [0.717, 1.165) is 56.6 Å². The van der Waals surface area contributed by atoms with Gasteiger partial charge in [-0.05, 0) is 76.2 Å². The molecule has 1 N–H and O–H groups in total. The van der Waals surface area contributed by atoms with Gasteiger partial charge in [0.05, 0.1) is 0 Å². The molecule has 0 unspecified atom stereocenters. The molecule has 2 heterocycles. The molecule has 0 aromatic heterocycles. The number of nitrogens with one attached hydrogen (secondary N) is 1. The molecule has 1 aromatic carbocycles. The maximum absolute atomic E-state index is 13.0. The lowest BCUT2D eigenvalue weighted by Gasteiger charge is -2.38. The molecule has 6 nitrogen and oxygen atoms in total. The molecule has 0 aliphatic carbocycles. The van der Waals surface area contributed by atoms with Gasteiger partial charge in [-0.2, -0.15) is 0 Å².